The van der Waals surface area contributed by atoms with Crippen LogP contribution in [0.25, 0.3) is 38.1 Å². The molecule has 1 aliphatic rings. The van der Waals surface area contributed by atoms with Crippen LogP contribution in [0, 0.1) is 13.8 Å². The van der Waals surface area contributed by atoms with E-state index in [0.29, 0.717) is 20.9 Å². The summed E-state index contributed by atoms with van der Waals surface area (Å²) in [5.41, 5.74) is -1.03. The fourth-order valence-electron chi connectivity index (χ4n) is 4.56. The summed E-state index contributed by atoms with van der Waals surface area (Å²) in [5.74, 6) is -15.7. The van der Waals surface area contributed by atoms with Crippen LogP contribution in [0.3, 0.4) is 0 Å². The molecule has 2 aromatic carbocycles. The standard InChI is InChI=1S/C29H20F6S2/c1-4-18-10-12-20(13-11-18)24-15-22(17(3)37-24)26-25(27(30,31)29(34,35)28(26,32)33)21-14-23(36-16(21)2)19-8-6-5-7-9-19/h4-15H,1H2,2-3H3. The number of aryl methyl sites for hydroxylation is 2. The van der Waals surface area contributed by atoms with Crippen LogP contribution >= 0.6 is 22.7 Å². The van der Waals surface area contributed by atoms with Gasteiger partial charge in [-0.05, 0) is 53.8 Å². The number of thiophene rings is 2. The van der Waals surface area contributed by atoms with Crippen LogP contribution in [0.1, 0.15) is 26.4 Å². The smallest absolute Gasteiger partial charge is 0.194 e. The Kier molecular flexibility index (Phi) is 6.03. The van der Waals surface area contributed by atoms with E-state index < -0.39 is 28.9 Å². The van der Waals surface area contributed by atoms with Crippen LogP contribution < -0.4 is 0 Å². The molecule has 8 heteroatoms. The number of allylic oxidation sites excluding steroid dienone is 2. The van der Waals surface area contributed by atoms with E-state index in [9.17, 15) is 8.78 Å². The predicted molar refractivity (Wildman–Crippen MR) is 141 cm³/mol. The lowest BCUT2D eigenvalue weighted by Gasteiger charge is -2.25. The minimum atomic E-state index is -5.59. The number of hydrogen-bond acceptors (Lipinski definition) is 2. The Balaban J connectivity index is 1.75. The van der Waals surface area contributed by atoms with Gasteiger partial charge in [-0.2, -0.15) is 26.3 Å². The van der Waals surface area contributed by atoms with Crippen molar-refractivity contribution in [3.05, 3.63) is 99.8 Å². The van der Waals surface area contributed by atoms with Gasteiger partial charge in [-0.1, -0.05) is 67.3 Å². The molecular formula is C29H20F6S2. The number of benzene rings is 2. The normalized spacial score (nSPS) is 17.8. The molecule has 0 fully saturated rings. The van der Waals surface area contributed by atoms with E-state index >= 15 is 17.6 Å². The third kappa shape index (κ3) is 3.80. The van der Waals surface area contributed by atoms with Crippen LogP contribution in [-0.2, 0) is 0 Å². The highest BCUT2D eigenvalue weighted by Gasteiger charge is 2.80. The molecule has 1 aliphatic carbocycles. The Morgan fingerprint density at radius 3 is 1.51 bits per heavy atom. The predicted octanol–water partition coefficient (Wildman–Crippen LogP) is 10.2. The number of halogens is 6. The molecule has 0 spiro atoms. The van der Waals surface area contributed by atoms with E-state index in [1.54, 1.807) is 60.7 Å². The fourth-order valence-corrected chi connectivity index (χ4v) is 6.63. The molecule has 37 heavy (non-hydrogen) atoms. The molecule has 5 rings (SSSR count). The molecule has 0 atom stereocenters. The number of alkyl halides is 6. The topological polar surface area (TPSA) is 0 Å². The second-order valence-electron chi connectivity index (χ2n) is 8.83. The molecule has 0 bridgehead atoms. The van der Waals surface area contributed by atoms with Crippen molar-refractivity contribution in [2.45, 2.75) is 31.6 Å². The highest BCUT2D eigenvalue weighted by Crippen LogP contribution is 2.66. The molecule has 4 aromatic rings. The minimum Gasteiger partial charge on any atom is -0.194 e. The van der Waals surface area contributed by atoms with Gasteiger partial charge in [0.05, 0.1) is 0 Å². The summed E-state index contributed by atoms with van der Waals surface area (Å²) in [7, 11) is 0. The SMILES string of the molecule is C=Cc1ccc(-c2cc(C3=C(c4cc(-c5ccccc5)sc4C)C(F)(F)C(F)(F)C3(F)F)c(C)s2)cc1. The molecule has 0 N–H and O–H groups in total. The molecule has 2 heterocycles. The van der Waals surface area contributed by atoms with Crippen LogP contribution in [0.2, 0.25) is 0 Å². The molecule has 0 saturated carbocycles. The Morgan fingerprint density at radius 1 is 0.649 bits per heavy atom. The molecule has 0 amide bonds. The monoisotopic (exact) mass is 546 g/mol. The molecule has 0 unspecified atom stereocenters. The maximum atomic E-state index is 15.4. The average molecular weight is 547 g/mol. The van der Waals surface area contributed by atoms with E-state index in [0.717, 1.165) is 28.2 Å². The summed E-state index contributed by atoms with van der Waals surface area (Å²) < 4.78 is 91.1. The van der Waals surface area contributed by atoms with Gasteiger partial charge in [0.15, 0.2) is 0 Å². The lowest BCUT2D eigenvalue weighted by Crippen LogP contribution is -2.48. The first kappa shape index (κ1) is 25.5. The van der Waals surface area contributed by atoms with Gasteiger partial charge in [0.25, 0.3) is 0 Å². The van der Waals surface area contributed by atoms with Gasteiger partial charge in [-0.25, -0.2) is 0 Å². The summed E-state index contributed by atoms with van der Waals surface area (Å²) in [4.78, 5) is 1.54. The van der Waals surface area contributed by atoms with Gasteiger partial charge < -0.3 is 0 Å². The zero-order valence-corrected chi connectivity index (χ0v) is 21.4. The van der Waals surface area contributed by atoms with Crippen molar-refractivity contribution in [2.24, 2.45) is 0 Å². The third-order valence-electron chi connectivity index (χ3n) is 6.53. The number of rotatable bonds is 5. The van der Waals surface area contributed by atoms with Gasteiger partial charge in [-0.3, -0.25) is 0 Å². The van der Waals surface area contributed by atoms with E-state index in [2.05, 4.69) is 6.58 Å². The molecule has 2 aromatic heterocycles. The van der Waals surface area contributed by atoms with Gasteiger partial charge in [-0.15, -0.1) is 22.7 Å². The van der Waals surface area contributed by atoms with Crippen molar-refractivity contribution in [1.29, 1.82) is 0 Å². The van der Waals surface area contributed by atoms with Gasteiger partial charge >= 0.3 is 17.8 Å². The first-order chi connectivity index (χ1) is 17.4. The zero-order chi connectivity index (χ0) is 26.8. The fraction of sp³-hybridized carbons (Fsp3) is 0.172. The van der Waals surface area contributed by atoms with Gasteiger partial charge in [0.1, 0.15) is 0 Å². The molecule has 0 radical (unpaired) electrons. The Bertz CT molecular complexity index is 1520. The van der Waals surface area contributed by atoms with E-state index in [4.69, 9.17) is 0 Å². The summed E-state index contributed by atoms with van der Waals surface area (Å²) in [6.07, 6.45) is 1.64. The highest BCUT2D eigenvalue weighted by molar-refractivity contribution is 7.16. The van der Waals surface area contributed by atoms with Gasteiger partial charge in [0.2, 0.25) is 0 Å². The van der Waals surface area contributed by atoms with E-state index in [1.165, 1.54) is 26.0 Å². The van der Waals surface area contributed by atoms with Crippen molar-refractivity contribution in [2.75, 3.05) is 0 Å². The Morgan fingerprint density at radius 2 is 1.08 bits per heavy atom. The second-order valence-corrected chi connectivity index (χ2v) is 11.3. The van der Waals surface area contributed by atoms with Crippen molar-refractivity contribution in [3.8, 4) is 20.9 Å². The Hall–Kier alpha value is -3.10. The van der Waals surface area contributed by atoms with Crippen LogP contribution in [0.4, 0.5) is 26.3 Å². The maximum Gasteiger partial charge on any atom is 0.380 e. The second kappa shape index (κ2) is 8.74. The van der Waals surface area contributed by atoms with E-state index in [-0.39, 0.29) is 20.9 Å². The summed E-state index contributed by atoms with van der Waals surface area (Å²) in [6, 6.07) is 18.4. The molecule has 190 valence electrons. The largest absolute Gasteiger partial charge is 0.380 e. The van der Waals surface area contributed by atoms with Crippen molar-refractivity contribution in [1.82, 2.24) is 0 Å². The quantitative estimate of drug-likeness (QED) is 0.219. The molecule has 0 nitrogen and oxygen atoms in total. The van der Waals surface area contributed by atoms with Crippen molar-refractivity contribution < 1.29 is 26.3 Å². The summed E-state index contributed by atoms with van der Waals surface area (Å²) in [5, 5.41) is 0. The molecule has 0 aliphatic heterocycles. The van der Waals surface area contributed by atoms with Crippen molar-refractivity contribution >= 4 is 39.9 Å². The summed E-state index contributed by atoms with van der Waals surface area (Å²) in [6.45, 7) is 6.64. The van der Waals surface area contributed by atoms with Crippen LogP contribution in [0.15, 0.2) is 73.3 Å². The third-order valence-corrected chi connectivity index (χ3v) is 8.73. The Labute approximate surface area is 218 Å². The average Bonchev–Trinajstić information content (AvgIpc) is 3.47. The van der Waals surface area contributed by atoms with E-state index in [1.807, 2.05) is 0 Å². The zero-order valence-electron chi connectivity index (χ0n) is 19.7. The lowest BCUT2D eigenvalue weighted by atomic mass is 9.94. The molecule has 0 saturated heterocycles. The van der Waals surface area contributed by atoms with Crippen LogP contribution in [-0.4, -0.2) is 17.8 Å². The number of hydrogen-bond donors (Lipinski definition) is 0. The first-order valence-electron chi connectivity index (χ1n) is 11.3. The van der Waals surface area contributed by atoms with Crippen LogP contribution in [0.5, 0.6) is 0 Å². The van der Waals surface area contributed by atoms with Crippen molar-refractivity contribution in [3.63, 3.8) is 0 Å². The maximum absolute atomic E-state index is 15.4. The summed E-state index contributed by atoms with van der Waals surface area (Å²) >= 11 is 2.19. The molecular weight excluding hydrogens is 526 g/mol. The lowest BCUT2D eigenvalue weighted by molar-refractivity contribution is -0.254. The minimum absolute atomic E-state index is 0.250. The first-order valence-corrected chi connectivity index (χ1v) is 12.9. The van der Waals surface area contributed by atoms with Gasteiger partial charge in [0, 0.05) is 30.7 Å². The highest BCUT2D eigenvalue weighted by atomic mass is 32.1.